The summed E-state index contributed by atoms with van der Waals surface area (Å²) in [4.78, 5) is 23.3. The third kappa shape index (κ3) is 3.26. The topological polar surface area (TPSA) is 92.4 Å². The van der Waals surface area contributed by atoms with Gasteiger partial charge in [0.2, 0.25) is 5.76 Å². The van der Waals surface area contributed by atoms with E-state index in [4.69, 9.17) is 9.63 Å². The first kappa shape index (κ1) is 15.3. The summed E-state index contributed by atoms with van der Waals surface area (Å²) < 4.78 is 5.12. The van der Waals surface area contributed by atoms with E-state index in [1.807, 2.05) is 31.2 Å². The fourth-order valence-electron chi connectivity index (χ4n) is 2.78. The van der Waals surface area contributed by atoms with E-state index < -0.39 is 17.4 Å². The number of aromatic nitrogens is 1. The SMILES string of the molecule is Cc1ccc(-c2cc(C(=O)NC3(CC(=O)O)CCC3)on2)cc1. The van der Waals surface area contributed by atoms with Crippen LogP contribution in [0.2, 0.25) is 0 Å². The Kier molecular flexibility index (Phi) is 3.90. The molecule has 1 aliphatic carbocycles. The van der Waals surface area contributed by atoms with Crippen molar-refractivity contribution in [3.05, 3.63) is 41.7 Å². The molecule has 6 nitrogen and oxygen atoms in total. The van der Waals surface area contributed by atoms with Crippen LogP contribution in [0.4, 0.5) is 0 Å². The van der Waals surface area contributed by atoms with E-state index in [0.29, 0.717) is 18.5 Å². The monoisotopic (exact) mass is 314 g/mol. The Hall–Kier alpha value is -2.63. The van der Waals surface area contributed by atoms with Gasteiger partial charge in [0, 0.05) is 11.6 Å². The Balaban J connectivity index is 1.73. The number of carboxylic acids is 1. The summed E-state index contributed by atoms with van der Waals surface area (Å²) in [5.74, 6) is -1.24. The number of aliphatic carboxylic acids is 1. The second-order valence-electron chi connectivity index (χ2n) is 6.10. The maximum atomic E-state index is 12.3. The number of aryl methyl sites for hydroxylation is 1. The lowest BCUT2D eigenvalue weighted by molar-refractivity contribution is -0.139. The molecule has 1 fully saturated rings. The molecule has 2 aromatic rings. The maximum Gasteiger partial charge on any atom is 0.305 e. The number of carboxylic acid groups (broad SMARTS) is 1. The van der Waals surface area contributed by atoms with E-state index in [1.165, 1.54) is 0 Å². The van der Waals surface area contributed by atoms with E-state index in [1.54, 1.807) is 6.07 Å². The third-order valence-corrected chi connectivity index (χ3v) is 4.26. The summed E-state index contributed by atoms with van der Waals surface area (Å²) in [7, 11) is 0. The molecule has 2 N–H and O–H groups in total. The summed E-state index contributed by atoms with van der Waals surface area (Å²) in [6.45, 7) is 1.99. The van der Waals surface area contributed by atoms with Gasteiger partial charge in [-0.2, -0.15) is 0 Å². The lowest BCUT2D eigenvalue weighted by atomic mass is 9.74. The zero-order valence-electron chi connectivity index (χ0n) is 12.8. The van der Waals surface area contributed by atoms with Crippen molar-refractivity contribution in [2.45, 2.75) is 38.1 Å². The normalized spacial score (nSPS) is 15.7. The summed E-state index contributed by atoms with van der Waals surface area (Å²) in [5.41, 5.74) is 1.92. The largest absolute Gasteiger partial charge is 0.481 e. The molecule has 0 spiro atoms. The number of benzene rings is 1. The standard InChI is InChI=1S/C17H18N2O4/c1-11-3-5-12(6-4-11)13-9-14(23-19-13)16(22)18-17(7-2-8-17)10-15(20)21/h3-6,9H,2,7-8,10H2,1H3,(H,18,22)(H,20,21). The summed E-state index contributed by atoms with van der Waals surface area (Å²) in [5, 5.41) is 15.7. The maximum absolute atomic E-state index is 12.3. The lowest BCUT2D eigenvalue weighted by Gasteiger charge is -2.41. The van der Waals surface area contributed by atoms with Crippen molar-refractivity contribution in [2.75, 3.05) is 0 Å². The smallest absolute Gasteiger partial charge is 0.305 e. The third-order valence-electron chi connectivity index (χ3n) is 4.26. The second-order valence-corrected chi connectivity index (χ2v) is 6.10. The van der Waals surface area contributed by atoms with Crippen LogP contribution in [0, 0.1) is 6.92 Å². The van der Waals surface area contributed by atoms with Gasteiger partial charge in [0.25, 0.3) is 5.91 Å². The van der Waals surface area contributed by atoms with Gasteiger partial charge in [0.05, 0.1) is 12.0 Å². The zero-order valence-corrected chi connectivity index (χ0v) is 12.8. The van der Waals surface area contributed by atoms with Crippen LogP contribution in [0.15, 0.2) is 34.9 Å². The van der Waals surface area contributed by atoms with Crippen molar-refractivity contribution >= 4 is 11.9 Å². The summed E-state index contributed by atoms with van der Waals surface area (Å²) in [6, 6.07) is 9.31. The van der Waals surface area contributed by atoms with Crippen LogP contribution < -0.4 is 5.32 Å². The molecule has 1 amide bonds. The number of rotatable bonds is 5. The van der Waals surface area contributed by atoms with E-state index in [2.05, 4.69) is 10.5 Å². The molecule has 1 aromatic carbocycles. The van der Waals surface area contributed by atoms with Crippen molar-refractivity contribution < 1.29 is 19.2 Å². The van der Waals surface area contributed by atoms with E-state index in [9.17, 15) is 9.59 Å². The van der Waals surface area contributed by atoms with Crippen LogP contribution in [0.1, 0.15) is 41.8 Å². The van der Waals surface area contributed by atoms with Crippen LogP contribution in [-0.2, 0) is 4.79 Å². The molecule has 1 aromatic heterocycles. The summed E-state index contributed by atoms with van der Waals surface area (Å²) >= 11 is 0. The highest BCUT2D eigenvalue weighted by Gasteiger charge is 2.41. The molecule has 0 radical (unpaired) electrons. The lowest BCUT2D eigenvalue weighted by Crippen LogP contribution is -2.54. The van der Waals surface area contributed by atoms with E-state index in [0.717, 1.165) is 17.5 Å². The highest BCUT2D eigenvalue weighted by atomic mass is 16.5. The van der Waals surface area contributed by atoms with Gasteiger partial charge in [-0.3, -0.25) is 9.59 Å². The first-order valence-corrected chi connectivity index (χ1v) is 7.56. The number of amides is 1. The molecule has 0 aliphatic heterocycles. The van der Waals surface area contributed by atoms with E-state index >= 15 is 0 Å². The molecule has 120 valence electrons. The van der Waals surface area contributed by atoms with Gasteiger partial charge in [0.15, 0.2) is 0 Å². The Morgan fingerprint density at radius 3 is 2.57 bits per heavy atom. The van der Waals surface area contributed by atoms with Gasteiger partial charge in [-0.15, -0.1) is 0 Å². The predicted molar refractivity (Wildman–Crippen MR) is 83.0 cm³/mol. The first-order valence-electron chi connectivity index (χ1n) is 7.56. The van der Waals surface area contributed by atoms with Crippen LogP contribution in [-0.4, -0.2) is 27.7 Å². The minimum Gasteiger partial charge on any atom is -0.481 e. The molecular formula is C17H18N2O4. The van der Waals surface area contributed by atoms with Gasteiger partial charge in [-0.1, -0.05) is 35.0 Å². The molecule has 6 heteroatoms. The Morgan fingerprint density at radius 2 is 2.00 bits per heavy atom. The van der Waals surface area contributed by atoms with E-state index in [-0.39, 0.29) is 12.2 Å². The zero-order chi connectivity index (χ0) is 16.4. The fourth-order valence-corrected chi connectivity index (χ4v) is 2.78. The minimum atomic E-state index is -0.914. The molecular weight excluding hydrogens is 296 g/mol. The summed E-state index contributed by atoms with van der Waals surface area (Å²) in [6.07, 6.45) is 2.18. The molecule has 1 heterocycles. The van der Waals surface area contributed by atoms with Crippen LogP contribution in [0.25, 0.3) is 11.3 Å². The van der Waals surface area contributed by atoms with Gasteiger partial charge in [0.1, 0.15) is 5.69 Å². The molecule has 0 atom stereocenters. The quantitative estimate of drug-likeness (QED) is 0.885. The van der Waals surface area contributed by atoms with Crippen LogP contribution in [0.5, 0.6) is 0 Å². The van der Waals surface area contributed by atoms with Crippen LogP contribution in [0.3, 0.4) is 0 Å². The molecule has 1 saturated carbocycles. The number of hydrogen-bond acceptors (Lipinski definition) is 4. The second kappa shape index (κ2) is 5.87. The van der Waals surface area contributed by atoms with Crippen molar-refractivity contribution in [3.63, 3.8) is 0 Å². The number of hydrogen-bond donors (Lipinski definition) is 2. The molecule has 0 saturated heterocycles. The predicted octanol–water partition coefficient (Wildman–Crippen LogP) is 2.78. The minimum absolute atomic E-state index is 0.0717. The fraction of sp³-hybridized carbons (Fsp3) is 0.353. The van der Waals surface area contributed by atoms with Gasteiger partial charge in [-0.05, 0) is 26.2 Å². The van der Waals surface area contributed by atoms with Gasteiger partial charge in [-0.25, -0.2) is 0 Å². The molecule has 3 rings (SSSR count). The number of carbonyl (C=O) groups excluding carboxylic acids is 1. The first-order chi connectivity index (χ1) is 11.0. The van der Waals surface area contributed by atoms with Crippen molar-refractivity contribution in [3.8, 4) is 11.3 Å². The van der Waals surface area contributed by atoms with Crippen molar-refractivity contribution in [1.82, 2.24) is 10.5 Å². The Morgan fingerprint density at radius 1 is 1.30 bits per heavy atom. The highest BCUT2D eigenvalue weighted by molar-refractivity contribution is 5.93. The molecule has 0 bridgehead atoms. The Bertz CT molecular complexity index is 729. The van der Waals surface area contributed by atoms with Gasteiger partial charge >= 0.3 is 5.97 Å². The van der Waals surface area contributed by atoms with Gasteiger partial charge < -0.3 is 14.9 Å². The van der Waals surface area contributed by atoms with Crippen molar-refractivity contribution in [2.24, 2.45) is 0 Å². The molecule has 23 heavy (non-hydrogen) atoms. The number of nitrogens with one attached hydrogen (secondary N) is 1. The van der Waals surface area contributed by atoms with Crippen LogP contribution >= 0.6 is 0 Å². The number of nitrogens with zero attached hydrogens (tertiary/aromatic N) is 1. The average Bonchev–Trinajstić information content (AvgIpc) is 2.95. The van der Waals surface area contributed by atoms with Crippen molar-refractivity contribution in [1.29, 1.82) is 0 Å². The highest BCUT2D eigenvalue weighted by Crippen LogP contribution is 2.35. The Labute approximate surface area is 133 Å². The molecule has 1 aliphatic rings. The number of carbonyl (C=O) groups is 2. The molecule has 0 unspecified atom stereocenters. The average molecular weight is 314 g/mol.